The highest BCUT2D eigenvalue weighted by atomic mass is 16.3. The highest BCUT2D eigenvalue weighted by Gasteiger charge is 2.22. The third kappa shape index (κ3) is 4.25. The van der Waals surface area contributed by atoms with Gasteiger partial charge in [-0.2, -0.15) is 0 Å². The normalized spacial score (nSPS) is 15.7. The number of hydrogen-bond donors (Lipinski definition) is 1. The number of rotatable bonds is 7. The Morgan fingerprint density at radius 2 is 1.90 bits per heavy atom. The number of aliphatic hydroxyl groups excluding tert-OH is 1. The maximum Gasteiger partial charge on any atom is 0.179 e. The van der Waals surface area contributed by atoms with E-state index in [9.17, 15) is 9.90 Å². The van der Waals surface area contributed by atoms with Crippen molar-refractivity contribution in [2.24, 2.45) is 0 Å². The van der Waals surface area contributed by atoms with Gasteiger partial charge in [-0.25, -0.2) is 0 Å². The zero-order valence-corrected chi connectivity index (χ0v) is 11.9. The van der Waals surface area contributed by atoms with Crippen LogP contribution in [0.2, 0.25) is 0 Å². The zero-order valence-electron chi connectivity index (χ0n) is 16.9. The fourth-order valence-corrected chi connectivity index (χ4v) is 2.10. The minimum atomic E-state index is -0.758. The molecule has 0 amide bonds. The third-order valence-electron chi connectivity index (χ3n) is 3.29. The van der Waals surface area contributed by atoms with E-state index in [1.807, 2.05) is 30.3 Å². The lowest BCUT2D eigenvalue weighted by atomic mass is 10.0. The molecule has 3 heteroatoms. The largest absolute Gasteiger partial charge is 0.395 e. The molecular weight excluding hydrogens is 262 g/mol. The summed E-state index contributed by atoms with van der Waals surface area (Å²) in [6.45, 7) is 2.07. The monoisotopic (exact) mass is 288 g/mol. The first-order valence-electron chi connectivity index (χ1n) is 9.29. The average molecular weight is 288 g/mol. The van der Waals surface area contributed by atoms with E-state index < -0.39 is 42.0 Å². The molecule has 0 saturated heterocycles. The van der Waals surface area contributed by atoms with Crippen molar-refractivity contribution in [3.05, 3.63) is 71.7 Å². The van der Waals surface area contributed by atoms with Crippen molar-refractivity contribution in [3.63, 3.8) is 0 Å². The molecule has 0 saturated carbocycles. The lowest BCUT2D eigenvalue weighted by Gasteiger charge is -2.27. The maximum atomic E-state index is 12.9. The Kier molecular flexibility index (Phi) is 3.63. The topological polar surface area (TPSA) is 40.5 Å². The van der Waals surface area contributed by atoms with Crippen LogP contribution in [0.5, 0.6) is 0 Å². The minimum Gasteiger partial charge on any atom is -0.395 e. The smallest absolute Gasteiger partial charge is 0.179 e. The van der Waals surface area contributed by atoms with Gasteiger partial charge in [-0.3, -0.25) is 9.69 Å². The van der Waals surface area contributed by atoms with Crippen LogP contribution in [0, 0.1) is 0 Å². The summed E-state index contributed by atoms with van der Waals surface area (Å²) in [5.41, 5.74) is 0.626. The number of aliphatic hydroxyl groups is 1. The van der Waals surface area contributed by atoms with E-state index in [1.165, 1.54) is 0 Å². The fourth-order valence-electron chi connectivity index (χ4n) is 2.10. The maximum absolute atomic E-state index is 12.9. The first kappa shape index (κ1) is 9.87. The summed E-state index contributed by atoms with van der Waals surface area (Å²) in [6.07, 6.45) is 0. The molecular formula is C18H21NO2. The van der Waals surface area contributed by atoms with Crippen molar-refractivity contribution in [2.75, 3.05) is 13.2 Å². The number of Topliss-reactive ketones (excluding diaryl/α,β-unsaturated/α-hetero) is 1. The van der Waals surface area contributed by atoms with Gasteiger partial charge in [-0.05, 0) is 12.5 Å². The van der Waals surface area contributed by atoms with Crippen LogP contribution >= 0.6 is 0 Å². The summed E-state index contributed by atoms with van der Waals surface area (Å²) in [4.78, 5) is 14.6. The average Bonchev–Trinajstić information content (AvgIpc) is 2.64. The van der Waals surface area contributed by atoms with Gasteiger partial charge in [0.05, 0.1) is 19.5 Å². The number of ketones is 1. The first-order chi connectivity index (χ1) is 12.3. The SMILES string of the molecule is [2H]c1c([2H])c([2H])c(C(=O)C(C)N(CCO)Cc2ccccc2)c([2H])c1[2H]. The zero-order chi connectivity index (χ0) is 19.4. The molecule has 1 N–H and O–H groups in total. The van der Waals surface area contributed by atoms with Crippen molar-refractivity contribution < 1.29 is 16.8 Å². The number of carbonyl (C=O) groups is 1. The molecule has 0 radical (unpaired) electrons. The lowest BCUT2D eigenvalue weighted by molar-refractivity contribution is 0.0794. The van der Waals surface area contributed by atoms with Crippen LogP contribution in [0.3, 0.4) is 0 Å². The quantitative estimate of drug-likeness (QED) is 0.796. The molecule has 0 fully saturated rings. The summed E-state index contributed by atoms with van der Waals surface area (Å²) < 4.78 is 39.0. The fraction of sp³-hybridized carbons (Fsp3) is 0.278. The molecule has 2 aromatic carbocycles. The molecule has 110 valence electrons. The van der Waals surface area contributed by atoms with Gasteiger partial charge >= 0.3 is 0 Å². The van der Waals surface area contributed by atoms with Crippen molar-refractivity contribution in [1.82, 2.24) is 4.90 Å². The van der Waals surface area contributed by atoms with Crippen LogP contribution in [0.1, 0.15) is 29.7 Å². The van der Waals surface area contributed by atoms with E-state index in [-0.39, 0.29) is 18.7 Å². The van der Waals surface area contributed by atoms with Crippen molar-refractivity contribution in [2.45, 2.75) is 19.5 Å². The van der Waals surface area contributed by atoms with Gasteiger partial charge in [0.2, 0.25) is 0 Å². The molecule has 0 heterocycles. The van der Waals surface area contributed by atoms with Crippen LogP contribution in [0.15, 0.2) is 60.5 Å². The summed E-state index contributed by atoms with van der Waals surface area (Å²) in [5.74, 6) is -0.564. The van der Waals surface area contributed by atoms with Gasteiger partial charge < -0.3 is 5.11 Å². The summed E-state index contributed by atoms with van der Waals surface area (Å²) in [7, 11) is 0. The predicted molar refractivity (Wildman–Crippen MR) is 84.2 cm³/mol. The van der Waals surface area contributed by atoms with Gasteiger partial charge in [0, 0.05) is 18.7 Å². The summed E-state index contributed by atoms with van der Waals surface area (Å²) in [5, 5.41) is 9.34. The molecule has 2 rings (SSSR count). The molecule has 3 nitrogen and oxygen atoms in total. The number of nitrogens with zero attached hydrogens (tertiary/aromatic N) is 1. The molecule has 21 heavy (non-hydrogen) atoms. The molecule has 0 aliphatic rings. The minimum absolute atomic E-state index is 0.162. The Balaban J connectivity index is 2.38. The molecule has 0 spiro atoms. The molecule has 0 aliphatic carbocycles. The van der Waals surface area contributed by atoms with Gasteiger partial charge in [0.15, 0.2) is 5.78 Å². The first-order valence-corrected chi connectivity index (χ1v) is 6.79. The Hall–Kier alpha value is -1.97. The van der Waals surface area contributed by atoms with Gasteiger partial charge in [-0.1, -0.05) is 60.5 Å². The Morgan fingerprint density at radius 3 is 2.52 bits per heavy atom. The second-order valence-corrected chi connectivity index (χ2v) is 4.72. The van der Waals surface area contributed by atoms with Crippen molar-refractivity contribution >= 4 is 5.78 Å². The van der Waals surface area contributed by atoms with Crippen LogP contribution < -0.4 is 0 Å². The Morgan fingerprint density at radius 1 is 1.24 bits per heavy atom. The summed E-state index contributed by atoms with van der Waals surface area (Å²) >= 11 is 0. The second kappa shape index (κ2) is 7.72. The van der Waals surface area contributed by atoms with Crippen LogP contribution in [0.4, 0.5) is 0 Å². The number of hydrogen-bond acceptors (Lipinski definition) is 3. The molecule has 1 atom stereocenters. The lowest BCUT2D eigenvalue weighted by Crippen LogP contribution is -2.40. The molecule has 1 unspecified atom stereocenters. The Labute approximate surface area is 132 Å². The summed E-state index contributed by atoms with van der Waals surface area (Å²) in [6, 6.07) is 6.05. The van der Waals surface area contributed by atoms with Gasteiger partial charge in [0.25, 0.3) is 0 Å². The van der Waals surface area contributed by atoms with E-state index in [0.29, 0.717) is 6.54 Å². The highest BCUT2D eigenvalue weighted by molar-refractivity contribution is 5.99. The molecule has 2 aromatic rings. The number of carbonyl (C=O) groups excluding carboxylic acids is 1. The Bertz CT molecular complexity index is 769. The van der Waals surface area contributed by atoms with E-state index in [4.69, 9.17) is 6.85 Å². The van der Waals surface area contributed by atoms with E-state index in [2.05, 4.69) is 0 Å². The molecule has 0 aromatic heterocycles. The molecule has 0 bridgehead atoms. The predicted octanol–water partition coefficient (Wildman–Crippen LogP) is 2.75. The standard InChI is InChI=1S/C18H21NO2/c1-15(18(21)17-10-6-3-7-11-17)19(12-13-20)14-16-8-4-2-5-9-16/h2-11,15,20H,12-14H2,1H3/i3D,6D,7D,10D,11D. The van der Waals surface area contributed by atoms with E-state index >= 15 is 0 Å². The van der Waals surface area contributed by atoms with Crippen molar-refractivity contribution in [1.29, 1.82) is 0 Å². The molecule has 0 aliphatic heterocycles. The number of benzene rings is 2. The van der Waals surface area contributed by atoms with Crippen LogP contribution in [-0.4, -0.2) is 35.0 Å². The van der Waals surface area contributed by atoms with Crippen LogP contribution in [-0.2, 0) is 6.54 Å². The van der Waals surface area contributed by atoms with Gasteiger partial charge in [-0.15, -0.1) is 0 Å². The van der Waals surface area contributed by atoms with Gasteiger partial charge in [0.1, 0.15) is 0 Å². The second-order valence-electron chi connectivity index (χ2n) is 4.72. The van der Waals surface area contributed by atoms with Crippen LogP contribution in [0.25, 0.3) is 0 Å². The van der Waals surface area contributed by atoms with Crippen molar-refractivity contribution in [3.8, 4) is 0 Å². The third-order valence-corrected chi connectivity index (χ3v) is 3.29. The van der Waals surface area contributed by atoms with E-state index in [0.717, 1.165) is 5.56 Å². The highest BCUT2D eigenvalue weighted by Crippen LogP contribution is 2.12. The van der Waals surface area contributed by atoms with E-state index in [1.54, 1.807) is 11.8 Å².